The number of benzene rings is 2. The van der Waals surface area contributed by atoms with Gasteiger partial charge in [0, 0.05) is 51.5 Å². The summed E-state index contributed by atoms with van der Waals surface area (Å²) in [4.78, 5) is 31.4. The van der Waals surface area contributed by atoms with E-state index in [0.717, 1.165) is 61.9 Å². The molecule has 6 rings (SSSR count). The Balaban J connectivity index is 0.000000652. The topological polar surface area (TPSA) is 88.4 Å². The van der Waals surface area contributed by atoms with Gasteiger partial charge in [-0.25, -0.2) is 14.8 Å². The molecule has 2 aromatic carbocycles. The number of carbonyl (C=O) groups is 1. The molecule has 5 aromatic rings. The van der Waals surface area contributed by atoms with Crippen LogP contribution in [0.3, 0.4) is 0 Å². The predicted octanol–water partition coefficient (Wildman–Crippen LogP) is 7.82. The zero-order valence-corrected chi connectivity index (χ0v) is 25.3. The molecule has 10 heteroatoms. The summed E-state index contributed by atoms with van der Waals surface area (Å²) in [6.07, 6.45) is 6.23. The molecule has 0 spiro atoms. The highest BCUT2D eigenvalue weighted by Gasteiger charge is 2.23. The average Bonchev–Trinajstić information content (AvgIpc) is 3.58. The van der Waals surface area contributed by atoms with Crippen LogP contribution in [0.25, 0.3) is 31.9 Å². The summed E-state index contributed by atoms with van der Waals surface area (Å²) in [7, 11) is 0. The molecule has 0 saturated carbocycles. The van der Waals surface area contributed by atoms with E-state index in [2.05, 4.69) is 19.8 Å². The average molecular weight is 605 g/mol. The van der Waals surface area contributed by atoms with Gasteiger partial charge in [0.05, 0.1) is 22.2 Å². The van der Waals surface area contributed by atoms with E-state index >= 15 is 0 Å². The Bertz CT molecular complexity index is 1750. The molecule has 0 aliphatic carbocycles. The van der Waals surface area contributed by atoms with Crippen LogP contribution in [0.1, 0.15) is 37.5 Å². The smallest absolute Gasteiger partial charge is 0.353 e. The van der Waals surface area contributed by atoms with Gasteiger partial charge in [0.15, 0.2) is 0 Å². The fourth-order valence-corrected chi connectivity index (χ4v) is 6.11. The van der Waals surface area contributed by atoms with Gasteiger partial charge in [-0.2, -0.15) is 0 Å². The normalized spacial score (nSPS) is 12.6. The SMILES string of the molecule is CC(C)(C)O.Cc1cc2nc(-c3ccnc(N4CCc5cnccc54)c3)sc2c(-c2ccc(Cl)cc2)c1CC(=O)OF. The van der Waals surface area contributed by atoms with Crippen LogP contribution in [-0.4, -0.2) is 38.2 Å². The molecule has 1 aliphatic rings. The van der Waals surface area contributed by atoms with Crippen LogP contribution >= 0.6 is 22.9 Å². The molecule has 1 aliphatic heterocycles. The zero-order valence-electron chi connectivity index (χ0n) is 23.7. The predicted molar refractivity (Wildman–Crippen MR) is 166 cm³/mol. The van der Waals surface area contributed by atoms with E-state index < -0.39 is 11.6 Å². The van der Waals surface area contributed by atoms with E-state index in [1.165, 1.54) is 16.9 Å². The van der Waals surface area contributed by atoms with E-state index in [1.807, 2.05) is 49.5 Å². The van der Waals surface area contributed by atoms with Crippen molar-refractivity contribution in [2.75, 3.05) is 11.4 Å². The van der Waals surface area contributed by atoms with Crippen molar-refractivity contribution in [3.63, 3.8) is 0 Å². The van der Waals surface area contributed by atoms with E-state index in [1.54, 1.807) is 45.3 Å². The Morgan fingerprint density at radius 1 is 1.12 bits per heavy atom. The van der Waals surface area contributed by atoms with Gasteiger partial charge >= 0.3 is 5.97 Å². The van der Waals surface area contributed by atoms with Crippen LogP contribution < -0.4 is 4.90 Å². The number of anilines is 2. The third-order valence-corrected chi connectivity index (χ3v) is 7.98. The minimum absolute atomic E-state index is 0.188. The van der Waals surface area contributed by atoms with Crippen LogP contribution in [0.4, 0.5) is 16.0 Å². The summed E-state index contributed by atoms with van der Waals surface area (Å²) in [6, 6.07) is 15.3. The first kappa shape index (κ1) is 29.6. The highest BCUT2D eigenvalue weighted by Crippen LogP contribution is 2.42. The summed E-state index contributed by atoms with van der Waals surface area (Å²) in [5.74, 6) is -0.0931. The molecule has 0 bridgehead atoms. The molecule has 42 heavy (non-hydrogen) atoms. The highest BCUT2D eigenvalue weighted by atomic mass is 35.5. The fourth-order valence-electron chi connectivity index (χ4n) is 4.85. The van der Waals surface area contributed by atoms with Crippen LogP contribution in [0.5, 0.6) is 0 Å². The lowest BCUT2D eigenvalue weighted by atomic mass is 9.93. The number of aliphatic hydroxyl groups is 1. The molecule has 0 atom stereocenters. The number of carbonyl (C=O) groups excluding carboxylic acids is 1. The first-order chi connectivity index (χ1) is 20.0. The number of aryl methyl sites for hydroxylation is 1. The summed E-state index contributed by atoms with van der Waals surface area (Å²) < 4.78 is 13.6. The van der Waals surface area contributed by atoms with Gasteiger partial charge in [-0.05, 0) is 92.8 Å². The minimum Gasteiger partial charge on any atom is -0.391 e. The second-order valence-electron chi connectivity index (χ2n) is 11.0. The van der Waals surface area contributed by atoms with Gasteiger partial charge in [-0.3, -0.25) is 9.93 Å². The molecule has 1 N–H and O–H groups in total. The monoisotopic (exact) mass is 604 g/mol. The lowest BCUT2D eigenvalue weighted by molar-refractivity contribution is -0.182. The fraction of sp³-hybridized carbons (Fsp3) is 0.250. The third-order valence-electron chi connectivity index (χ3n) is 6.59. The van der Waals surface area contributed by atoms with Gasteiger partial charge in [-0.1, -0.05) is 23.7 Å². The van der Waals surface area contributed by atoms with Crippen LogP contribution in [-0.2, 0) is 22.6 Å². The van der Waals surface area contributed by atoms with Gasteiger partial charge in [-0.15, -0.1) is 11.3 Å². The van der Waals surface area contributed by atoms with E-state index in [4.69, 9.17) is 21.7 Å². The Hall–Kier alpha value is -3.92. The molecular formula is C32H30ClFN4O3S. The second-order valence-corrected chi connectivity index (χ2v) is 12.5. The molecule has 0 unspecified atom stereocenters. The van der Waals surface area contributed by atoms with Crippen molar-refractivity contribution in [3.05, 3.63) is 88.8 Å². The van der Waals surface area contributed by atoms with Crippen molar-refractivity contribution >= 4 is 50.6 Å². The number of rotatable bonds is 5. The minimum atomic E-state index is -0.942. The molecule has 0 saturated heterocycles. The molecule has 0 fully saturated rings. The van der Waals surface area contributed by atoms with Crippen molar-refractivity contribution < 1.29 is 19.4 Å². The maximum atomic E-state index is 12.7. The quantitative estimate of drug-likeness (QED) is 0.219. The zero-order chi connectivity index (χ0) is 30.0. The van der Waals surface area contributed by atoms with E-state index in [9.17, 15) is 9.32 Å². The van der Waals surface area contributed by atoms with Crippen LogP contribution in [0.15, 0.2) is 67.1 Å². The summed E-state index contributed by atoms with van der Waals surface area (Å²) >= 11 is 7.66. The van der Waals surface area contributed by atoms with Crippen molar-refractivity contribution in [2.45, 2.75) is 46.1 Å². The molecule has 0 amide bonds. The lowest BCUT2D eigenvalue weighted by Crippen LogP contribution is -2.14. The number of halogens is 2. The number of hydrogen-bond acceptors (Lipinski definition) is 8. The molecule has 7 nitrogen and oxygen atoms in total. The lowest BCUT2D eigenvalue weighted by Gasteiger charge is -2.18. The molecule has 0 radical (unpaired) electrons. The maximum absolute atomic E-state index is 12.7. The number of thiazole rings is 1. The van der Waals surface area contributed by atoms with Gasteiger partial charge < -0.3 is 10.0 Å². The summed E-state index contributed by atoms with van der Waals surface area (Å²) in [6.45, 7) is 7.96. The van der Waals surface area contributed by atoms with Gasteiger partial charge in [0.1, 0.15) is 10.8 Å². The maximum Gasteiger partial charge on any atom is 0.353 e. The highest BCUT2D eigenvalue weighted by molar-refractivity contribution is 7.22. The van der Waals surface area contributed by atoms with E-state index in [0.29, 0.717) is 10.6 Å². The number of pyridine rings is 2. The van der Waals surface area contributed by atoms with Crippen molar-refractivity contribution in [3.8, 4) is 21.7 Å². The molecular weight excluding hydrogens is 575 g/mol. The Kier molecular flexibility index (Phi) is 8.54. The first-order valence-corrected chi connectivity index (χ1v) is 14.6. The largest absolute Gasteiger partial charge is 0.391 e. The second kappa shape index (κ2) is 12.1. The van der Waals surface area contributed by atoms with Crippen LogP contribution in [0.2, 0.25) is 5.02 Å². The number of hydrogen-bond donors (Lipinski definition) is 1. The van der Waals surface area contributed by atoms with Gasteiger partial charge in [0.25, 0.3) is 0 Å². The summed E-state index contributed by atoms with van der Waals surface area (Å²) in [5, 5.41) is 9.95. The first-order valence-electron chi connectivity index (χ1n) is 13.4. The van der Waals surface area contributed by atoms with E-state index in [-0.39, 0.29) is 6.42 Å². The number of fused-ring (bicyclic) bond motifs is 2. The van der Waals surface area contributed by atoms with Crippen molar-refractivity contribution in [1.29, 1.82) is 0 Å². The summed E-state index contributed by atoms with van der Waals surface area (Å²) in [5.41, 5.74) is 6.80. The molecule has 216 valence electrons. The van der Waals surface area contributed by atoms with Gasteiger partial charge in [0.2, 0.25) is 0 Å². The Morgan fingerprint density at radius 2 is 1.86 bits per heavy atom. The standard InChI is InChI=1S/C28H20ClFN4O2S.C4H10O/c1-16-12-22-27(26(21(16)14-25(35)36-30)17-2-4-20(29)5-3-17)37-28(33-22)18-6-10-32-24(13-18)34-11-8-19-15-31-9-7-23(19)34;1-4(2,3)5/h2-7,9-10,12-13,15H,8,11,14H2,1H3;5H,1-3H3. The number of nitrogens with zero attached hydrogens (tertiary/aromatic N) is 4. The Morgan fingerprint density at radius 3 is 2.57 bits per heavy atom. The molecule has 3 aromatic heterocycles. The molecule has 4 heterocycles. The Labute approximate surface area is 252 Å². The third kappa shape index (κ3) is 6.59. The van der Waals surface area contributed by atoms with Crippen molar-refractivity contribution in [1.82, 2.24) is 15.0 Å². The van der Waals surface area contributed by atoms with Crippen LogP contribution in [0, 0.1) is 6.92 Å². The van der Waals surface area contributed by atoms with Crippen molar-refractivity contribution in [2.24, 2.45) is 0 Å². The number of aromatic nitrogens is 3.